The normalized spacial score (nSPS) is 16.5. The van der Waals surface area contributed by atoms with E-state index >= 15 is 0 Å². The highest BCUT2D eigenvalue weighted by Crippen LogP contribution is 2.27. The van der Waals surface area contributed by atoms with Crippen LogP contribution in [0.15, 0.2) is 48.5 Å². The van der Waals surface area contributed by atoms with Crippen LogP contribution >= 0.6 is 0 Å². The van der Waals surface area contributed by atoms with Crippen LogP contribution in [0.2, 0.25) is 0 Å². The number of methoxy groups -OCH3 is 2. The van der Waals surface area contributed by atoms with Gasteiger partial charge in [-0.2, -0.15) is 0 Å². The molecule has 0 saturated carbocycles. The lowest BCUT2D eigenvalue weighted by Gasteiger charge is -2.17. The van der Waals surface area contributed by atoms with Gasteiger partial charge in [0.05, 0.1) is 26.7 Å². The number of anilines is 1. The third-order valence-corrected chi connectivity index (χ3v) is 4.37. The molecule has 6 nitrogen and oxygen atoms in total. The molecule has 2 amide bonds. The van der Waals surface area contributed by atoms with Gasteiger partial charge in [0.15, 0.2) is 11.5 Å². The van der Waals surface area contributed by atoms with E-state index in [2.05, 4.69) is 5.32 Å². The van der Waals surface area contributed by atoms with E-state index in [0.29, 0.717) is 24.5 Å². The van der Waals surface area contributed by atoms with Crippen LogP contribution < -0.4 is 19.7 Å². The van der Waals surface area contributed by atoms with Crippen LogP contribution in [-0.4, -0.2) is 38.6 Å². The van der Waals surface area contributed by atoms with Gasteiger partial charge in [0.1, 0.15) is 0 Å². The Morgan fingerprint density at radius 2 is 1.85 bits per heavy atom. The lowest BCUT2D eigenvalue weighted by molar-refractivity contribution is -0.121. The molecule has 2 aromatic rings. The van der Waals surface area contributed by atoms with Crippen molar-refractivity contribution >= 4 is 17.5 Å². The highest BCUT2D eigenvalue weighted by Gasteiger charge is 2.31. The molecule has 0 aliphatic carbocycles. The van der Waals surface area contributed by atoms with E-state index < -0.39 is 0 Å². The van der Waals surface area contributed by atoms with Crippen molar-refractivity contribution in [3.05, 3.63) is 54.1 Å². The van der Waals surface area contributed by atoms with Crippen molar-refractivity contribution in [2.24, 2.45) is 0 Å². The third kappa shape index (κ3) is 3.96. The molecule has 1 aliphatic rings. The number of carbonyl (C=O) groups excluding carboxylic acids is 2. The molecule has 6 heteroatoms. The predicted molar refractivity (Wildman–Crippen MR) is 98.6 cm³/mol. The van der Waals surface area contributed by atoms with Gasteiger partial charge in [0, 0.05) is 18.7 Å². The number of carbonyl (C=O) groups is 2. The molecule has 3 rings (SSSR count). The zero-order valence-corrected chi connectivity index (χ0v) is 14.9. The fourth-order valence-electron chi connectivity index (χ4n) is 3.12. The summed E-state index contributed by atoms with van der Waals surface area (Å²) in [4.78, 5) is 26.3. The van der Waals surface area contributed by atoms with Gasteiger partial charge in [0.25, 0.3) is 0 Å². The van der Waals surface area contributed by atoms with E-state index in [9.17, 15) is 9.59 Å². The minimum Gasteiger partial charge on any atom is -0.493 e. The lowest BCUT2D eigenvalue weighted by Crippen LogP contribution is -2.38. The van der Waals surface area contributed by atoms with Gasteiger partial charge in [-0.3, -0.25) is 9.59 Å². The van der Waals surface area contributed by atoms with Gasteiger partial charge in [-0.15, -0.1) is 0 Å². The van der Waals surface area contributed by atoms with Crippen LogP contribution in [0.25, 0.3) is 0 Å². The van der Waals surface area contributed by atoms with E-state index in [1.54, 1.807) is 31.3 Å². The maximum absolute atomic E-state index is 12.4. The van der Waals surface area contributed by atoms with E-state index in [1.165, 1.54) is 0 Å². The van der Waals surface area contributed by atoms with E-state index in [0.717, 1.165) is 11.3 Å². The van der Waals surface area contributed by atoms with Crippen LogP contribution in [-0.2, 0) is 16.0 Å². The summed E-state index contributed by atoms with van der Waals surface area (Å²) in [6.45, 7) is 0.487. The van der Waals surface area contributed by atoms with Gasteiger partial charge in [-0.25, -0.2) is 0 Å². The van der Waals surface area contributed by atoms with Crippen molar-refractivity contribution in [1.82, 2.24) is 5.32 Å². The highest BCUT2D eigenvalue weighted by molar-refractivity contribution is 5.96. The fourth-order valence-corrected chi connectivity index (χ4v) is 3.12. The molecule has 0 radical (unpaired) electrons. The number of nitrogens with zero attached hydrogens (tertiary/aromatic N) is 1. The third-order valence-electron chi connectivity index (χ3n) is 4.37. The molecule has 1 atom stereocenters. The number of para-hydroxylation sites is 1. The van der Waals surface area contributed by atoms with E-state index in [1.807, 2.05) is 36.4 Å². The van der Waals surface area contributed by atoms with Crippen LogP contribution in [0.4, 0.5) is 5.69 Å². The van der Waals surface area contributed by atoms with Crippen molar-refractivity contribution in [3.8, 4) is 11.5 Å². The van der Waals surface area contributed by atoms with Crippen LogP contribution in [0, 0.1) is 0 Å². The monoisotopic (exact) mass is 354 g/mol. The van der Waals surface area contributed by atoms with Gasteiger partial charge in [-0.05, 0) is 29.8 Å². The van der Waals surface area contributed by atoms with Crippen molar-refractivity contribution in [2.75, 3.05) is 25.7 Å². The average Bonchev–Trinajstić information content (AvgIpc) is 3.02. The Bertz CT molecular complexity index is 792. The largest absolute Gasteiger partial charge is 0.493 e. The maximum atomic E-state index is 12.4. The van der Waals surface area contributed by atoms with Crippen LogP contribution in [0.5, 0.6) is 11.5 Å². The summed E-state index contributed by atoms with van der Waals surface area (Å²) >= 11 is 0. The molecule has 2 aromatic carbocycles. The number of amides is 2. The van der Waals surface area contributed by atoms with Crippen LogP contribution in [0.1, 0.15) is 12.0 Å². The Morgan fingerprint density at radius 1 is 1.12 bits per heavy atom. The summed E-state index contributed by atoms with van der Waals surface area (Å²) < 4.78 is 10.5. The number of rotatable bonds is 6. The standard InChI is InChI=1S/C20H22N2O4/c1-25-17-9-8-14(10-18(17)26-2)11-19(23)21-15-12-20(24)22(13-15)16-6-4-3-5-7-16/h3-10,15H,11-13H2,1-2H3,(H,21,23). The minimum absolute atomic E-state index is 0.0209. The molecule has 1 heterocycles. The number of nitrogens with one attached hydrogen (secondary N) is 1. The molecule has 0 aromatic heterocycles. The molecule has 0 spiro atoms. The molecule has 136 valence electrons. The van der Waals surface area contributed by atoms with Gasteiger partial charge in [-0.1, -0.05) is 24.3 Å². The van der Waals surface area contributed by atoms with E-state index in [-0.39, 0.29) is 24.3 Å². The first kappa shape index (κ1) is 17.8. The molecule has 1 aliphatic heterocycles. The van der Waals surface area contributed by atoms with Crippen molar-refractivity contribution in [3.63, 3.8) is 0 Å². The first-order valence-electron chi connectivity index (χ1n) is 8.46. The second-order valence-electron chi connectivity index (χ2n) is 6.17. The Morgan fingerprint density at radius 3 is 2.54 bits per heavy atom. The Kier molecular flexibility index (Phi) is 5.41. The maximum Gasteiger partial charge on any atom is 0.229 e. The molecule has 1 fully saturated rings. The lowest BCUT2D eigenvalue weighted by atomic mass is 10.1. The Hall–Kier alpha value is -3.02. The van der Waals surface area contributed by atoms with Gasteiger partial charge >= 0.3 is 0 Å². The Balaban J connectivity index is 1.60. The molecule has 1 N–H and O–H groups in total. The Labute approximate surface area is 152 Å². The second kappa shape index (κ2) is 7.91. The van der Waals surface area contributed by atoms with Gasteiger partial charge in [0.2, 0.25) is 11.8 Å². The number of hydrogen-bond donors (Lipinski definition) is 1. The van der Waals surface area contributed by atoms with Crippen molar-refractivity contribution in [1.29, 1.82) is 0 Å². The fraction of sp³-hybridized carbons (Fsp3) is 0.300. The van der Waals surface area contributed by atoms with Crippen molar-refractivity contribution in [2.45, 2.75) is 18.9 Å². The molecular formula is C20H22N2O4. The molecule has 1 saturated heterocycles. The zero-order chi connectivity index (χ0) is 18.5. The summed E-state index contributed by atoms with van der Waals surface area (Å²) in [5, 5.41) is 2.95. The molecule has 1 unspecified atom stereocenters. The van der Waals surface area contributed by atoms with Crippen molar-refractivity contribution < 1.29 is 19.1 Å². The first-order valence-corrected chi connectivity index (χ1v) is 8.46. The number of ether oxygens (including phenoxy) is 2. The number of hydrogen-bond acceptors (Lipinski definition) is 4. The smallest absolute Gasteiger partial charge is 0.229 e. The zero-order valence-electron chi connectivity index (χ0n) is 14.9. The average molecular weight is 354 g/mol. The number of benzene rings is 2. The predicted octanol–water partition coefficient (Wildman–Crippen LogP) is 2.17. The second-order valence-corrected chi connectivity index (χ2v) is 6.17. The van der Waals surface area contributed by atoms with Gasteiger partial charge < -0.3 is 19.7 Å². The summed E-state index contributed by atoms with van der Waals surface area (Å²) in [5.74, 6) is 1.11. The SMILES string of the molecule is COc1ccc(CC(=O)NC2CC(=O)N(c3ccccc3)C2)cc1OC. The summed E-state index contributed by atoms with van der Waals surface area (Å²) in [6.07, 6.45) is 0.531. The minimum atomic E-state index is -0.185. The summed E-state index contributed by atoms with van der Waals surface area (Å²) in [7, 11) is 3.13. The first-order chi connectivity index (χ1) is 12.6. The van der Waals surface area contributed by atoms with Crippen LogP contribution in [0.3, 0.4) is 0 Å². The molecule has 26 heavy (non-hydrogen) atoms. The topological polar surface area (TPSA) is 67.9 Å². The molecule has 0 bridgehead atoms. The quantitative estimate of drug-likeness (QED) is 0.863. The highest BCUT2D eigenvalue weighted by atomic mass is 16.5. The van der Waals surface area contributed by atoms with E-state index in [4.69, 9.17) is 9.47 Å². The summed E-state index contributed by atoms with van der Waals surface area (Å²) in [5.41, 5.74) is 1.68. The summed E-state index contributed by atoms with van der Waals surface area (Å²) in [6, 6.07) is 14.7. The molecular weight excluding hydrogens is 332 g/mol.